The third-order valence-electron chi connectivity index (χ3n) is 3.64. The molecule has 0 bridgehead atoms. The van der Waals surface area contributed by atoms with Gasteiger partial charge in [-0.2, -0.15) is 0 Å². The van der Waals surface area contributed by atoms with Gasteiger partial charge in [0.15, 0.2) is 5.78 Å². The van der Waals surface area contributed by atoms with Crippen LogP contribution in [0.2, 0.25) is 0 Å². The van der Waals surface area contributed by atoms with Crippen LogP contribution in [0.25, 0.3) is 6.08 Å². The first-order valence-corrected chi connectivity index (χ1v) is 8.24. The highest BCUT2D eigenvalue weighted by molar-refractivity contribution is 5.93. The van der Waals surface area contributed by atoms with Gasteiger partial charge in [0.1, 0.15) is 0 Å². The van der Waals surface area contributed by atoms with E-state index in [0.29, 0.717) is 6.42 Å². The summed E-state index contributed by atoms with van der Waals surface area (Å²) in [5.41, 5.74) is 2.34. The van der Waals surface area contributed by atoms with Gasteiger partial charge < -0.3 is 4.90 Å². The SMILES string of the molecule is CC.Cc1ccc(/C=C/C(=O)CCCN2CCCC2)cc1. The van der Waals surface area contributed by atoms with Gasteiger partial charge in [0.25, 0.3) is 0 Å². The maximum atomic E-state index is 11.8. The van der Waals surface area contributed by atoms with Crippen molar-refractivity contribution >= 4 is 11.9 Å². The molecule has 116 valence electrons. The molecule has 0 atom stereocenters. The second kappa shape index (κ2) is 10.3. The van der Waals surface area contributed by atoms with Gasteiger partial charge >= 0.3 is 0 Å². The van der Waals surface area contributed by atoms with Crippen LogP contribution >= 0.6 is 0 Å². The largest absolute Gasteiger partial charge is 0.303 e. The number of rotatable bonds is 6. The summed E-state index contributed by atoms with van der Waals surface area (Å²) in [5.74, 6) is 0.236. The molecule has 0 aromatic heterocycles. The smallest absolute Gasteiger partial charge is 0.155 e. The van der Waals surface area contributed by atoms with E-state index < -0.39 is 0 Å². The molecule has 21 heavy (non-hydrogen) atoms. The van der Waals surface area contributed by atoms with E-state index in [1.165, 1.54) is 31.5 Å². The number of likely N-dealkylation sites (tertiary alicyclic amines) is 1. The Labute approximate surface area is 129 Å². The Hall–Kier alpha value is -1.41. The van der Waals surface area contributed by atoms with Crippen molar-refractivity contribution in [2.24, 2.45) is 0 Å². The predicted octanol–water partition coefficient (Wildman–Crippen LogP) is 4.48. The third kappa shape index (κ3) is 7.24. The van der Waals surface area contributed by atoms with Crippen molar-refractivity contribution in [1.29, 1.82) is 0 Å². The quantitative estimate of drug-likeness (QED) is 0.719. The average molecular weight is 287 g/mol. The normalized spacial score (nSPS) is 15.0. The van der Waals surface area contributed by atoms with Crippen LogP contribution in [0.4, 0.5) is 0 Å². The number of carbonyl (C=O) groups excluding carboxylic acids is 1. The van der Waals surface area contributed by atoms with Crippen LogP contribution in [0.15, 0.2) is 30.3 Å². The lowest BCUT2D eigenvalue weighted by atomic mass is 10.1. The number of hydrogen-bond acceptors (Lipinski definition) is 2. The van der Waals surface area contributed by atoms with E-state index in [1.807, 2.05) is 32.1 Å². The monoisotopic (exact) mass is 287 g/mol. The molecule has 0 aliphatic carbocycles. The van der Waals surface area contributed by atoms with E-state index in [0.717, 1.165) is 18.5 Å². The van der Waals surface area contributed by atoms with Gasteiger partial charge in [-0.05, 0) is 57.5 Å². The number of ketones is 1. The molecule has 0 amide bonds. The minimum Gasteiger partial charge on any atom is -0.303 e. The molecule has 2 nitrogen and oxygen atoms in total. The lowest BCUT2D eigenvalue weighted by molar-refractivity contribution is -0.114. The van der Waals surface area contributed by atoms with Crippen LogP contribution < -0.4 is 0 Å². The summed E-state index contributed by atoms with van der Waals surface area (Å²) in [5, 5.41) is 0. The average Bonchev–Trinajstić information content (AvgIpc) is 3.02. The summed E-state index contributed by atoms with van der Waals surface area (Å²) in [6.07, 6.45) is 7.92. The molecular weight excluding hydrogens is 258 g/mol. The fourth-order valence-corrected chi connectivity index (χ4v) is 2.43. The highest BCUT2D eigenvalue weighted by Crippen LogP contribution is 2.09. The van der Waals surface area contributed by atoms with Crippen molar-refractivity contribution in [2.75, 3.05) is 19.6 Å². The second-order valence-corrected chi connectivity index (χ2v) is 5.36. The number of aryl methyl sites for hydroxylation is 1. The zero-order valence-corrected chi connectivity index (χ0v) is 13.8. The number of allylic oxidation sites excluding steroid dienone is 1. The minimum atomic E-state index is 0.236. The molecule has 1 heterocycles. The molecule has 1 aromatic rings. The van der Waals surface area contributed by atoms with Gasteiger partial charge in [0.05, 0.1) is 0 Å². The Balaban J connectivity index is 0.00000106. The molecule has 0 radical (unpaired) electrons. The summed E-state index contributed by atoms with van der Waals surface area (Å²) in [6.45, 7) is 9.57. The minimum absolute atomic E-state index is 0.236. The van der Waals surface area contributed by atoms with Gasteiger partial charge in [0, 0.05) is 6.42 Å². The number of carbonyl (C=O) groups is 1. The Morgan fingerprint density at radius 2 is 1.76 bits per heavy atom. The first-order chi connectivity index (χ1) is 10.2. The summed E-state index contributed by atoms with van der Waals surface area (Å²) in [4.78, 5) is 14.2. The van der Waals surface area contributed by atoms with Crippen LogP contribution in [0, 0.1) is 6.92 Å². The van der Waals surface area contributed by atoms with Crippen molar-refractivity contribution in [1.82, 2.24) is 4.90 Å². The summed E-state index contributed by atoms with van der Waals surface area (Å²) < 4.78 is 0. The van der Waals surface area contributed by atoms with Gasteiger partial charge in [-0.1, -0.05) is 49.8 Å². The summed E-state index contributed by atoms with van der Waals surface area (Å²) >= 11 is 0. The molecule has 0 N–H and O–H groups in total. The first-order valence-electron chi connectivity index (χ1n) is 8.24. The molecule has 1 aromatic carbocycles. The Morgan fingerprint density at radius 1 is 1.14 bits per heavy atom. The Morgan fingerprint density at radius 3 is 2.38 bits per heavy atom. The molecule has 0 spiro atoms. The summed E-state index contributed by atoms with van der Waals surface area (Å²) in [7, 11) is 0. The molecule has 2 heteroatoms. The molecule has 1 aliphatic rings. The van der Waals surface area contributed by atoms with Gasteiger partial charge in [-0.15, -0.1) is 0 Å². The summed E-state index contributed by atoms with van der Waals surface area (Å²) in [6, 6.07) is 8.22. The highest BCUT2D eigenvalue weighted by atomic mass is 16.1. The van der Waals surface area contributed by atoms with Crippen LogP contribution in [-0.4, -0.2) is 30.3 Å². The molecule has 0 unspecified atom stereocenters. The maximum Gasteiger partial charge on any atom is 0.155 e. The van der Waals surface area contributed by atoms with Crippen molar-refractivity contribution < 1.29 is 4.79 Å². The first kappa shape index (κ1) is 17.6. The topological polar surface area (TPSA) is 20.3 Å². The zero-order chi connectivity index (χ0) is 15.5. The standard InChI is InChI=1S/C17H23NO.C2H6/c1-15-6-8-16(9-7-15)10-11-17(19)5-4-14-18-12-2-3-13-18;1-2/h6-11H,2-5,12-14H2,1H3;1-2H3/b11-10+;. The van der Waals surface area contributed by atoms with E-state index >= 15 is 0 Å². The van der Waals surface area contributed by atoms with Crippen molar-refractivity contribution in [3.8, 4) is 0 Å². The maximum absolute atomic E-state index is 11.8. The van der Waals surface area contributed by atoms with Crippen LogP contribution in [0.3, 0.4) is 0 Å². The van der Waals surface area contributed by atoms with Gasteiger partial charge in [0.2, 0.25) is 0 Å². The van der Waals surface area contributed by atoms with Crippen LogP contribution in [0.1, 0.15) is 50.7 Å². The number of nitrogens with zero attached hydrogens (tertiary/aromatic N) is 1. The van der Waals surface area contributed by atoms with Gasteiger partial charge in [-0.25, -0.2) is 0 Å². The van der Waals surface area contributed by atoms with E-state index in [1.54, 1.807) is 6.08 Å². The molecular formula is C19H29NO. The molecule has 1 aliphatic heterocycles. The Bertz CT molecular complexity index is 427. The zero-order valence-electron chi connectivity index (χ0n) is 13.8. The van der Waals surface area contributed by atoms with E-state index in [9.17, 15) is 4.79 Å². The van der Waals surface area contributed by atoms with Gasteiger partial charge in [-0.3, -0.25) is 4.79 Å². The van der Waals surface area contributed by atoms with E-state index in [2.05, 4.69) is 24.0 Å². The van der Waals surface area contributed by atoms with Crippen molar-refractivity contribution in [3.05, 3.63) is 41.5 Å². The van der Waals surface area contributed by atoms with E-state index in [4.69, 9.17) is 0 Å². The lowest BCUT2D eigenvalue weighted by Gasteiger charge is -2.12. The Kier molecular flexibility index (Phi) is 8.68. The molecule has 1 saturated heterocycles. The predicted molar refractivity (Wildman–Crippen MR) is 91.5 cm³/mol. The molecule has 1 fully saturated rings. The highest BCUT2D eigenvalue weighted by Gasteiger charge is 2.10. The number of hydrogen-bond donors (Lipinski definition) is 0. The fourth-order valence-electron chi connectivity index (χ4n) is 2.43. The van der Waals surface area contributed by atoms with Crippen LogP contribution in [0.5, 0.6) is 0 Å². The van der Waals surface area contributed by atoms with E-state index in [-0.39, 0.29) is 5.78 Å². The van der Waals surface area contributed by atoms with Crippen molar-refractivity contribution in [2.45, 2.75) is 46.5 Å². The fraction of sp³-hybridized carbons (Fsp3) is 0.526. The van der Waals surface area contributed by atoms with Crippen molar-refractivity contribution in [3.63, 3.8) is 0 Å². The molecule has 0 saturated carbocycles. The molecule has 2 rings (SSSR count). The third-order valence-corrected chi connectivity index (χ3v) is 3.64. The van der Waals surface area contributed by atoms with Crippen LogP contribution in [-0.2, 0) is 4.79 Å². The second-order valence-electron chi connectivity index (χ2n) is 5.36. The number of benzene rings is 1. The lowest BCUT2D eigenvalue weighted by Crippen LogP contribution is -2.20.